The van der Waals surface area contributed by atoms with Crippen molar-refractivity contribution < 1.29 is 14.7 Å². The van der Waals surface area contributed by atoms with Crippen molar-refractivity contribution in [3.05, 3.63) is 30.3 Å². The number of carbonyl (C=O) groups is 2. The van der Waals surface area contributed by atoms with E-state index in [1.54, 1.807) is 6.92 Å². The van der Waals surface area contributed by atoms with E-state index in [4.69, 9.17) is 0 Å². The van der Waals surface area contributed by atoms with Gasteiger partial charge in [-0.15, -0.1) is 0 Å². The molecule has 2 saturated heterocycles. The van der Waals surface area contributed by atoms with Crippen LogP contribution in [0.25, 0.3) is 0 Å². The van der Waals surface area contributed by atoms with E-state index >= 15 is 0 Å². The van der Waals surface area contributed by atoms with E-state index in [0.717, 1.165) is 31.1 Å². The first kappa shape index (κ1) is 19.6. The van der Waals surface area contributed by atoms with E-state index in [1.165, 1.54) is 5.69 Å². The van der Waals surface area contributed by atoms with Crippen LogP contribution in [-0.4, -0.2) is 77.8 Å². The molecule has 1 aromatic rings. The van der Waals surface area contributed by atoms with Crippen LogP contribution < -0.4 is 10.2 Å². The lowest BCUT2D eigenvalue weighted by atomic mass is 9.88. The Hall–Kier alpha value is -2.12. The minimum absolute atomic E-state index is 0.0119. The molecule has 2 aliphatic heterocycles. The third kappa shape index (κ3) is 4.09. The molecule has 0 radical (unpaired) electrons. The number of urea groups is 1. The van der Waals surface area contributed by atoms with E-state index in [9.17, 15) is 14.7 Å². The lowest BCUT2D eigenvalue weighted by Gasteiger charge is -2.37. The van der Waals surface area contributed by atoms with Crippen LogP contribution in [-0.2, 0) is 4.79 Å². The van der Waals surface area contributed by atoms with Crippen molar-refractivity contribution in [1.82, 2.24) is 15.1 Å². The molecule has 3 amide bonds. The molecule has 0 aromatic heterocycles. The number of rotatable bonds is 6. The Morgan fingerprint density at radius 1 is 1.07 bits per heavy atom. The summed E-state index contributed by atoms with van der Waals surface area (Å²) in [7, 11) is 0. The summed E-state index contributed by atoms with van der Waals surface area (Å²) in [6, 6.07) is 9.88. The topological polar surface area (TPSA) is 76.1 Å². The minimum Gasteiger partial charge on any atom is -0.390 e. The Bertz CT molecular complexity index is 673. The maximum atomic E-state index is 12.6. The number of aliphatic hydroxyl groups is 1. The fourth-order valence-corrected chi connectivity index (χ4v) is 3.67. The second-order valence-corrected chi connectivity index (χ2v) is 7.98. The number of nitrogens with zero attached hydrogens (tertiary/aromatic N) is 3. The lowest BCUT2D eigenvalue weighted by molar-refractivity contribution is -0.133. The zero-order chi connectivity index (χ0) is 19.6. The number of nitrogens with one attached hydrogen (secondary N) is 1. The molecule has 7 nitrogen and oxygen atoms in total. The smallest absolute Gasteiger partial charge is 0.325 e. The van der Waals surface area contributed by atoms with Crippen LogP contribution in [0.2, 0.25) is 0 Å². The Morgan fingerprint density at radius 2 is 1.70 bits per heavy atom. The summed E-state index contributed by atoms with van der Waals surface area (Å²) >= 11 is 0. The first-order valence-corrected chi connectivity index (χ1v) is 9.66. The molecule has 2 atom stereocenters. The monoisotopic (exact) mass is 374 g/mol. The fraction of sp³-hybridized carbons (Fsp3) is 0.600. The molecule has 2 N–H and O–H groups in total. The molecule has 3 rings (SSSR count). The molecule has 2 unspecified atom stereocenters. The predicted molar refractivity (Wildman–Crippen MR) is 105 cm³/mol. The SMILES string of the molecule is CC(C)C1(C)NC(=O)N(CC(O)CN2CCN(c3ccccc3)CC2)C1=O. The van der Waals surface area contributed by atoms with Gasteiger partial charge in [-0.3, -0.25) is 14.6 Å². The summed E-state index contributed by atoms with van der Waals surface area (Å²) in [4.78, 5) is 30.5. The highest BCUT2D eigenvalue weighted by atomic mass is 16.3. The zero-order valence-electron chi connectivity index (χ0n) is 16.4. The Morgan fingerprint density at radius 3 is 2.26 bits per heavy atom. The van der Waals surface area contributed by atoms with Gasteiger partial charge in [-0.25, -0.2) is 4.79 Å². The molecule has 27 heavy (non-hydrogen) atoms. The van der Waals surface area contributed by atoms with Gasteiger partial charge in [-0.05, 0) is 25.0 Å². The van der Waals surface area contributed by atoms with Gasteiger partial charge in [0.2, 0.25) is 0 Å². The number of piperazine rings is 1. The van der Waals surface area contributed by atoms with Gasteiger partial charge in [-0.2, -0.15) is 0 Å². The number of aliphatic hydroxyl groups excluding tert-OH is 1. The predicted octanol–water partition coefficient (Wildman–Crippen LogP) is 1.14. The first-order valence-electron chi connectivity index (χ1n) is 9.66. The summed E-state index contributed by atoms with van der Waals surface area (Å²) in [5.41, 5.74) is 0.322. The summed E-state index contributed by atoms with van der Waals surface area (Å²) in [6.45, 7) is 9.52. The number of hydrogen-bond donors (Lipinski definition) is 2. The van der Waals surface area contributed by atoms with Crippen LogP contribution in [0.15, 0.2) is 30.3 Å². The summed E-state index contributed by atoms with van der Waals surface area (Å²) in [5, 5.41) is 13.2. The van der Waals surface area contributed by atoms with Gasteiger partial charge in [0.15, 0.2) is 0 Å². The van der Waals surface area contributed by atoms with Crippen molar-refractivity contribution in [2.24, 2.45) is 5.92 Å². The first-order chi connectivity index (χ1) is 12.8. The molecule has 2 aliphatic rings. The number of anilines is 1. The molecule has 0 spiro atoms. The Kier molecular flexibility index (Phi) is 5.72. The molecule has 0 bridgehead atoms. The van der Waals surface area contributed by atoms with E-state index in [0.29, 0.717) is 6.54 Å². The second kappa shape index (κ2) is 7.86. The number of amides is 3. The quantitative estimate of drug-likeness (QED) is 0.730. The van der Waals surface area contributed by atoms with Crippen molar-refractivity contribution in [2.75, 3.05) is 44.2 Å². The van der Waals surface area contributed by atoms with Crippen molar-refractivity contribution in [3.8, 4) is 0 Å². The van der Waals surface area contributed by atoms with Crippen molar-refractivity contribution >= 4 is 17.6 Å². The zero-order valence-corrected chi connectivity index (χ0v) is 16.4. The number of para-hydroxylation sites is 1. The molecule has 7 heteroatoms. The molecular formula is C20H30N4O3. The van der Waals surface area contributed by atoms with Crippen LogP contribution in [0.5, 0.6) is 0 Å². The van der Waals surface area contributed by atoms with Gasteiger partial charge in [0, 0.05) is 38.4 Å². The van der Waals surface area contributed by atoms with Crippen molar-refractivity contribution in [3.63, 3.8) is 0 Å². The van der Waals surface area contributed by atoms with E-state index in [-0.39, 0.29) is 18.4 Å². The highest BCUT2D eigenvalue weighted by Crippen LogP contribution is 2.25. The second-order valence-electron chi connectivity index (χ2n) is 7.98. The largest absolute Gasteiger partial charge is 0.390 e. The number of benzene rings is 1. The van der Waals surface area contributed by atoms with Crippen molar-refractivity contribution in [2.45, 2.75) is 32.4 Å². The average molecular weight is 374 g/mol. The highest BCUT2D eigenvalue weighted by Gasteiger charge is 2.50. The number of imide groups is 1. The normalized spacial score (nSPS) is 25.2. The molecule has 1 aromatic carbocycles. The average Bonchev–Trinajstić information content (AvgIpc) is 2.87. The molecule has 0 aliphatic carbocycles. The third-order valence-corrected chi connectivity index (χ3v) is 5.81. The summed E-state index contributed by atoms with van der Waals surface area (Å²) in [6.07, 6.45) is -0.752. The van der Waals surface area contributed by atoms with E-state index in [1.807, 2.05) is 32.0 Å². The third-order valence-electron chi connectivity index (χ3n) is 5.81. The lowest BCUT2D eigenvalue weighted by Crippen LogP contribution is -2.51. The molecule has 2 heterocycles. The van der Waals surface area contributed by atoms with Gasteiger partial charge >= 0.3 is 6.03 Å². The Balaban J connectivity index is 1.50. The molecule has 2 fully saturated rings. The standard InChI is InChI=1S/C20H30N4O3/c1-15(2)20(3)18(26)24(19(27)21-20)14-17(25)13-22-9-11-23(12-10-22)16-7-5-4-6-8-16/h4-8,15,17,25H,9-14H2,1-3H3,(H,21,27). The summed E-state index contributed by atoms with van der Waals surface area (Å²) < 4.78 is 0. The number of hydrogen-bond acceptors (Lipinski definition) is 5. The maximum absolute atomic E-state index is 12.6. The van der Waals surface area contributed by atoms with Gasteiger partial charge in [-0.1, -0.05) is 32.0 Å². The van der Waals surface area contributed by atoms with Crippen LogP contribution >= 0.6 is 0 Å². The fourth-order valence-electron chi connectivity index (χ4n) is 3.67. The van der Waals surface area contributed by atoms with Crippen LogP contribution in [0.3, 0.4) is 0 Å². The molecule has 0 saturated carbocycles. The molecule has 148 valence electrons. The van der Waals surface area contributed by atoms with E-state index in [2.05, 4.69) is 27.2 Å². The summed E-state index contributed by atoms with van der Waals surface area (Å²) in [5.74, 6) is -0.266. The van der Waals surface area contributed by atoms with Crippen molar-refractivity contribution in [1.29, 1.82) is 0 Å². The van der Waals surface area contributed by atoms with Gasteiger partial charge in [0.05, 0.1) is 12.6 Å². The minimum atomic E-state index is -0.891. The van der Waals surface area contributed by atoms with Gasteiger partial charge in [0.1, 0.15) is 5.54 Å². The van der Waals surface area contributed by atoms with Gasteiger partial charge < -0.3 is 15.3 Å². The number of β-amino-alcohol motifs (C(OH)–C–C–N with tert-alkyl or cyclic N) is 1. The Labute approximate surface area is 160 Å². The number of carbonyl (C=O) groups excluding carboxylic acids is 2. The van der Waals surface area contributed by atoms with Crippen LogP contribution in [0, 0.1) is 5.92 Å². The highest BCUT2D eigenvalue weighted by molar-refractivity contribution is 6.07. The van der Waals surface area contributed by atoms with Crippen LogP contribution in [0.1, 0.15) is 20.8 Å². The van der Waals surface area contributed by atoms with Gasteiger partial charge in [0.25, 0.3) is 5.91 Å². The maximum Gasteiger partial charge on any atom is 0.325 e. The van der Waals surface area contributed by atoms with Crippen LogP contribution in [0.4, 0.5) is 10.5 Å². The van der Waals surface area contributed by atoms with E-state index < -0.39 is 17.7 Å². The molecular weight excluding hydrogens is 344 g/mol.